The van der Waals surface area contributed by atoms with Crippen molar-refractivity contribution in [3.8, 4) is 11.5 Å². The van der Waals surface area contributed by atoms with Crippen molar-refractivity contribution in [3.05, 3.63) is 64.3 Å². The molecule has 0 amide bonds. The molecule has 3 rings (SSSR count). The Morgan fingerprint density at radius 3 is 2.17 bits per heavy atom. The van der Waals surface area contributed by atoms with E-state index in [0.29, 0.717) is 21.2 Å². The van der Waals surface area contributed by atoms with Crippen LogP contribution in [-0.2, 0) is 6.18 Å². The molecule has 0 N–H and O–H groups in total. The van der Waals surface area contributed by atoms with Gasteiger partial charge in [-0.2, -0.15) is 13.2 Å². The highest BCUT2D eigenvalue weighted by molar-refractivity contribution is 6.31. The molecule has 0 fully saturated rings. The molecule has 0 atom stereocenters. The van der Waals surface area contributed by atoms with E-state index >= 15 is 0 Å². The lowest BCUT2D eigenvalue weighted by Gasteiger charge is -2.13. The Kier molecular flexibility index (Phi) is 4.08. The third-order valence-electron chi connectivity index (χ3n) is 3.06. The molecule has 1 heterocycles. The average molecular weight is 358 g/mol. The minimum absolute atomic E-state index is 0.0205. The Bertz CT molecular complexity index is 864. The molecule has 0 saturated heterocycles. The number of hydrogen-bond acceptors (Lipinski definition) is 2. The van der Waals surface area contributed by atoms with Crippen molar-refractivity contribution in [1.82, 2.24) is 4.98 Å². The third-order valence-corrected chi connectivity index (χ3v) is 3.55. The maximum Gasteiger partial charge on any atom is 0.433 e. The summed E-state index contributed by atoms with van der Waals surface area (Å²) < 4.78 is 44.6. The summed E-state index contributed by atoms with van der Waals surface area (Å²) in [5, 5.41) is 1.26. The van der Waals surface area contributed by atoms with Gasteiger partial charge >= 0.3 is 6.18 Å². The summed E-state index contributed by atoms with van der Waals surface area (Å²) in [5.74, 6) is 0.377. The van der Waals surface area contributed by atoms with Crippen LogP contribution < -0.4 is 4.74 Å². The Balaban J connectivity index is 2.15. The highest BCUT2D eigenvalue weighted by Gasteiger charge is 2.33. The van der Waals surface area contributed by atoms with Crippen LogP contribution in [0.15, 0.2) is 48.5 Å². The Labute approximate surface area is 139 Å². The van der Waals surface area contributed by atoms with Crippen molar-refractivity contribution in [3.63, 3.8) is 0 Å². The summed E-state index contributed by atoms with van der Waals surface area (Å²) in [6.07, 6.45) is -4.58. The van der Waals surface area contributed by atoms with Gasteiger partial charge in [-0.15, -0.1) is 0 Å². The number of fused-ring (bicyclic) bond motifs is 1. The molecule has 23 heavy (non-hydrogen) atoms. The van der Waals surface area contributed by atoms with Gasteiger partial charge in [-0.05, 0) is 42.5 Å². The number of hydrogen-bond donors (Lipinski definition) is 0. The largest absolute Gasteiger partial charge is 0.457 e. The molecular formula is C16H8Cl2F3NO. The molecule has 118 valence electrons. The van der Waals surface area contributed by atoms with Crippen LogP contribution >= 0.6 is 23.2 Å². The highest BCUT2D eigenvalue weighted by Crippen LogP contribution is 2.37. The summed E-state index contributed by atoms with van der Waals surface area (Å²) in [6.45, 7) is 0. The number of alkyl halides is 3. The molecule has 0 spiro atoms. The molecule has 0 aliphatic heterocycles. The smallest absolute Gasteiger partial charge is 0.433 e. The van der Waals surface area contributed by atoms with Crippen molar-refractivity contribution in [2.45, 2.75) is 6.18 Å². The zero-order chi connectivity index (χ0) is 16.6. The summed E-state index contributed by atoms with van der Waals surface area (Å²) in [7, 11) is 0. The van der Waals surface area contributed by atoms with Crippen LogP contribution in [0.4, 0.5) is 13.2 Å². The van der Waals surface area contributed by atoms with Gasteiger partial charge < -0.3 is 4.74 Å². The summed E-state index contributed by atoms with van der Waals surface area (Å²) >= 11 is 11.7. The maximum absolute atomic E-state index is 13.0. The minimum Gasteiger partial charge on any atom is -0.457 e. The fourth-order valence-corrected chi connectivity index (χ4v) is 2.32. The molecule has 2 nitrogen and oxygen atoms in total. The first kappa shape index (κ1) is 15.9. The quantitative estimate of drug-likeness (QED) is 0.532. The second-order valence-corrected chi connectivity index (χ2v) is 5.59. The molecule has 2 aromatic carbocycles. The van der Waals surface area contributed by atoms with E-state index in [4.69, 9.17) is 27.9 Å². The number of pyridine rings is 1. The lowest BCUT2D eigenvalue weighted by atomic mass is 10.1. The topological polar surface area (TPSA) is 22.1 Å². The molecule has 0 unspecified atom stereocenters. The van der Waals surface area contributed by atoms with Crippen LogP contribution in [0.25, 0.3) is 10.9 Å². The normalized spacial score (nSPS) is 11.7. The van der Waals surface area contributed by atoms with Crippen LogP contribution in [0.1, 0.15) is 5.69 Å². The maximum atomic E-state index is 13.0. The molecule has 0 bridgehead atoms. The standard InChI is InChI=1S/C16H8Cl2F3NO/c17-9-1-4-11(5-2-9)23-14-8-15(16(19,20)21)22-13-6-3-10(18)7-12(13)14/h1-8H. The zero-order valence-corrected chi connectivity index (χ0v) is 12.9. The first-order chi connectivity index (χ1) is 10.8. The molecule has 0 saturated carbocycles. The summed E-state index contributed by atoms with van der Waals surface area (Å²) in [4.78, 5) is 3.62. The summed E-state index contributed by atoms with van der Waals surface area (Å²) in [5.41, 5.74) is -0.885. The van der Waals surface area contributed by atoms with Gasteiger partial charge in [-0.25, -0.2) is 4.98 Å². The molecule has 0 aliphatic rings. The van der Waals surface area contributed by atoms with E-state index in [2.05, 4.69) is 4.98 Å². The van der Waals surface area contributed by atoms with Crippen molar-refractivity contribution in [1.29, 1.82) is 0 Å². The molecular weight excluding hydrogens is 350 g/mol. The van der Waals surface area contributed by atoms with Crippen LogP contribution in [0.2, 0.25) is 10.0 Å². The monoisotopic (exact) mass is 357 g/mol. The van der Waals surface area contributed by atoms with E-state index in [1.54, 1.807) is 24.3 Å². The number of rotatable bonds is 2. The number of ether oxygens (including phenoxy) is 1. The molecule has 0 aliphatic carbocycles. The van der Waals surface area contributed by atoms with Gasteiger partial charge in [0.05, 0.1) is 5.52 Å². The van der Waals surface area contributed by atoms with E-state index in [-0.39, 0.29) is 11.3 Å². The second kappa shape index (κ2) is 5.91. The highest BCUT2D eigenvalue weighted by atomic mass is 35.5. The first-order valence-corrected chi connectivity index (χ1v) is 7.19. The van der Waals surface area contributed by atoms with E-state index in [9.17, 15) is 13.2 Å². The molecule has 3 aromatic rings. The fourth-order valence-electron chi connectivity index (χ4n) is 2.03. The second-order valence-electron chi connectivity index (χ2n) is 4.72. The van der Waals surface area contributed by atoms with Gasteiger partial charge in [0, 0.05) is 21.5 Å². The third kappa shape index (κ3) is 3.51. The van der Waals surface area contributed by atoms with Crippen LogP contribution in [0.3, 0.4) is 0 Å². The van der Waals surface area contributed by atoms with Gasteiger partial charge in [-0.1, -0.05) is 23.2 Å². The van der Waals surface area contributed by atoms with E-state index in [0.717, 1.165) is 6.07 Å². The minimum atomic E-state index is -4.58. The van der Waals surface area contributed by atoms with Crippen molar-refractivity contribution >= 4 is 34.1 Å². The number of halogens is 5. The van der Waals surface area contributed by atoms with E-state index in [1.165, 1.54) is 18.2 Å². The van der Waals surface area contributed by atoms with E-state index < -0.39 is 11.9 Å². The van der Waals surface area contributed by atoms with Gasteiger partial charge in [0.2, 0.25) is 0 Å². The lowest BCUT2D eigenvalue weighted by molar-refractivity contribution is -0.141. The van der Waals surface area contributed by atoms with Gasteiger partial charge in [0.1, 0.15) is 17.2 Å². The average Bonchev–Trinajstić information content (AvgIpc) is 2.49. The van der Waals surface area contributed by atoms with Crippen molar-refractivity contribution < 1.29 is 17.9 Å². The Hall–Kier alpha value is -1.98. The SMILES string of the molecule is FC(F)(F)c1cc(Oc2ccc(Cl)cc2)c2cc(Cl)ccc2n1. The number of aromatic nitrogens is 1. The molecule has 7 heteroatoms. The first-order valence-electron chi connectivity index (χ1n) is 6.44. The predicted octanol–water partition coefficient (Wildman–Crippen LogP) is 6.35. The van der Waals surface area contributed by atoms with E-state index in [1.807, 2.05) is 0 Å². The number of nitrogens with zero attached hydrogens (tertiary/aromatic N) is 1. The molecule has 1 aromatic heterocycles. The fraction of sp³-hybridized carbons (Fsp3) is 0.0625. The predicted molar refractivity (Wildman–Crippen MR) is 83.3 cm³/mol. The Morgan fingerprint density at radius 1 is 0.870 bits per heavy atom. The van der Waals surface area contributed by atoms with Gasteiger partial charge in [-0.3, -0.25) is 0 Å². The van der Waals surface area contributed by atoms with Crippen molar-refractivity contribution in [2.75, 3.05) is 0 Å². The van der Waals surface area contributed by atoms with Crippen LogP contribution in [-0.4, -0.2) is 4.98 Å². The zero-order valence-electron chi connectivity index (χ0n) is 11.4. The Morgan fingerprint density at radius 2 is 1.52 bits per heavy atom. The molecule has 0 radical (unpaired) electrons. The van der Waals surface area contributed by atoms with Gasteiger partial charge in [0.15, 0.2) is 0 Å². The van der Waals surface area contributed by atoms with Crippen molar-refractivity contribution in [2.24, 2.45) is 0 Å². The van der Waals surface area contributed by atoms with Gasteiger partial charge in [0.25, 0.3) is 0 Å². The van der Waals surface area contributed by atoms with Crippen LogP contribution in [0.5, 0.6) is 11.5 Å². The lowest BCUT2D eigenvalue weighted by Crippen LogP contribution is -2.08. The van der Waals surface area contributed by atoms with Crippen LogP contribution in [0, 0.1) is 0 Å². The number of benzene rings is 2. The summed E-state index contributed by atoms with van der Waals surface area (Å²) in [6, 6.07) is 11.5.